The summed E-state index contributed by atoms with van der Waals surface area (Å²) in [6.45, 7) is 2.42. The van der Waals surface area contributed by atoms with E-state index in [0.29, 0.717) is 26.4 Å². The van der Waals surface area contributed by atoms with Gasteiger partial charge in [0.15, 0.2) is 6.29 Å². The van der Waals surface area contributed by atoms with E-state index in [1.54, 1.807) is 37.8 Å². The van der Waals surface area contributed by atoms with Crippen LogP contribution in [-0.2, 0) is 25.5 Å². The van der Waals surface area contributed by atoms with Crippen LogP contribution in [0.2, 0.25) is 0 Å². The zero-order chi connectivity index (χ0) is 14.6. The fourth-order valence-electron chi connectivity index (χ4n) is 1.37. The number of hydrogen-bond acceptors (Lipinski definition) is 8. The van der Waals surface area contributed by atoms with E-state index in [0.717, 1.165) is 17.3 Å². The summed E-state index contributed by atoms with van der Waals surface area (Å²) in [4.78, 5) is 0. The molecule has 0 spiro atoms. The molecule has 0 fully saturated rings. The van der Waals surface area contributed by atoms with Crippen LogP contribution in [0, 0.1) is 0 Å². The summed E-state index contributed by atoms with van der Waals surface area (Å²) in [5, 5.41) is 12.3. The minimum absolute atomic E-state index is 0.352. The molecule has 0 N–H and O–H groups in total. The van der Waals surface area contributed by atoms with Crippen LogP contribution >= 0.6 is 11.8 Å². The van der Waals surface area contributed by atoms with Gasteiger partial charge in [-0.1, -0.05) is 11.8 Å². The van der Waals surface area contributed by atoms with Crippen LogP contribution in [0.1, 0.15) is 6.42 Å². The first-order valence-corrected chi connectivity index (χ1v) is 7.31. The molecule has 0 unspecified atom stereocenters. The molecule has 0 amide bonds. The van der Waals surface area contributed by atoms with E-state index in [1.807, 2.05) is 0 Å². The highest BCUT2D eigenvalue weighted by Crippen LogP contribution is 2.15. The molecule has 0 radical (unpaired) electrons. The van der Waals surface area contributed by atoms with Gasteiger partial charge in [-0.05, 0) is 16.8 Å². The summed E-state index contributed by atoms with van der Waals surface area (Å²) in [5.74, 6) is 0.887. The highest BCUT2D eigenvalue weighted by Gasteiger charge is 2.12. The number of aromatic nitrogens is 4. The van der Waals surface area contributed by atoms with Crippen molar-refractivity contribution < 1.29 is 18.9 Å². The van der Waals surface area contributed by atoms with Gasteiger partial charge in [0.05, 0.1) is 19.8 Å². The van der Waals surface area contributed by atoms with Crippen LogP contribution in [0.25, 0.3) is 0 Å². The molecule has 1 aromatic rings. The lowest BCUT2D eigenvalue weighted by atomic mass is 10.5. The topological polar surface area (TPSA) is 80.5 Å². The number of nitrogens with zero attached hydrogens (tertiary/aromatic N) is 4. The van der Waals surface area contributed by atoms with E-state index in [-0.39, 0.29) is 6.29 Å². The third-order valence-corrected chi connectivity index (χ3v) is 3.49. The van der Waals surface area contributed by atoms with Gasteiger partial charge in [-0.3, -0.25) is 0 Å². The van der Waals surface area contributed by atoms with Gasteiger partial charge in [-0.15, -0.1) is 5.10 Å². The molecule has 1 heterocycles. The molecular formula is C11H22N4O4S. The summed E-state index contributed by atoms with van der Waals surface area (Å²) >= 11 is 1.58. The fraction of sp³-hybridized carbons (Fsp3) is 0.909. The maximum absolute atomic E-state index is 5.39. The first kappa shape index (κ1) is 17.3. The maximum Gasteiger partial charge on any atom is 0.209 e. The van der Waals surface area contributed by atoms with Crippen molar-refractivity contribution in [3.63, 3.8) is 0 Å². The lowest BCUT2D eigenvalue weighted by Gasteiger charge is -2.13. The largest absolute Gasteiger partial charge is 0.382 e. The fourth-order valence-corrected chi connectivity index (χ4v) is 2.17. The zero-order valence-corrected chi connectivity index (χ0v) is 13.0. The van der Waals surface area contributed by atoms with Gasteiger partial charge in [-0.2, -0.15) is 0 Å². The van der Waals surface area contributed by atoms with Crippen LogP contribution in [0.5, 0.6) is 0 Å². The van der Waals surface area contributed by atoms with E-state index in [1.165, 1.54) is 0 Å². The smallest absolute Gasteiger partial charge is 0.209 e. The van der Waals surface area contributed by atoms with Crippen molar-refractivity contribution in [1.82, 2.24) is 20.2 Å². The molecule has 116 valence electrons. The van der Waals surface area contributed by atoms with Crippen molar-refractivity contribution in [1.29, 1.82) is 0 Å². The Labute approximate surface area is 123 Å². The molecule has 0 bridgehead atoms. The van der Waals surface area contributed by atoms with Crippen LogP contribution in [0.4, 0.5) is 0 Å². The van der Waals surface area contributed by atoms with Gasteiger partial charge in [0.2, 0.25) is 5.16 Å². The lowest BCUT2D eigenvalue weighted by molar-refractivity contribution is -0.113. The number of thioether (sulfide) groups is 1. The van der Waals surface area contributed by atoms with E-state index >= 15 is 0 Å². The third-order valence-electron chi connectivity index (χ3n) is 2.44. The van der Waals surface area contributed by atoms with Crippen molar-refractivity contribution in [2.45, 2.75) is 24.4 Å². The maximum atomic E-state index is 5.39. The predicted molar refractivity (Wildman–Crippen MR) is 73.7 cm³/mol. The molecule has 1 rings (SSSR count). The molecule has 9 heteroatoms. The van der Waals surface area contributed by atoms with Crippen molar-refractivity contribution in [3.05, 3.63) is 0 Å². The zero-order valence-electron chi connectivity index (χ0n) is 12.2. The molecule has 8 nitrogen and oxygen atoms in total. The van der Waals surface area contributed by atoms with Crippen molar-refractivity contribution in [3.8, 4) is 0 Å². The Morgan fingerprint density at radius 1 is 1.15 bits per heavy atom. The Bertz CT molecular complexity index is 349. The Balaban J connectivity index is 2.22. The standard InChI is InChI=1S/C11H22N4O4S/c1-16-6-7-19-5-4-8-20-11-12-13-14-15(11)9-10(17-2)18-3/h10H,4-9H2,1-3H3. The second-order valence-corrected chi connectivity index (χ2v) is 4.91. The van der Waals surface area contributed by atoms with Gasteiger partial charge in [-0.25, -0.2) is 4.68 Å². The number of methoxy groups -OCH3 is 3. The van der Waals surface area contributed by atoms with Gasteiger partial charge >= 0.3 is 0 Å². The minimum Gasteiger partial charge on any atom is -0.382 e. The summed E-state index contributed by atoms with van der Waals surface area (Å²) in [6, 6.07) is 0. The molecule has 0 aliphatic heterocycles. The molecule has 1 aromatic heterocycles. The third kappa shape index (κ3) is 6.62. The van der Waals surface area contributed by atoms with Gasteiger partial charge in [0, 0.05) is 33.7 Å². The Hall–Kier alpha value is -0.740. The molecule has 0 aliphatic carbocycles. The molecule has 0 aliphatic rings. The molecule has 0 saturated carbocycles. The van der Waals surface area contributed by atoms with Crippen molar-refractivity contribution >= 4 is 11.8 Å². The number of rotatable bonds is 12. The molecule has 0 aromatic carbocycles. The molecule has 0 saturated heterocycles. The summed E-state index contributed by atoms with van der Waals surface area (Å²) < 4.78 is 22.2. The highest BCUT2D eigenvalue weighted by atomic mass is 32.2. The van der Waals surface area contributed by atoms with E-state index < -0.39 is 0 Å². The van der Waals surface area contributed by atoms with E-state index in [2.05, 4.69) is 15.5 Å². The number of tetrazole rings is 1. The van der Waals surface area contributed by atoms with Crippen molar-refractivity contribution in [2.24, 2.45) is 0 Å². The van der Waals surface area contributed by atoms with Crippen LogP contribution in [0.3, 0.4) is 0 Å². The normalized spacial score (nSPS) is 11.4. The average Bonchev–Trinajstić information content (AvgIpc) is 2.91. The second kappa shape index (κ2) is 11.0. The number of hydrogen-bond donors (Lipinski definition) is 0. The highest BCUT2D eigenvalue weighted by molar-refractivity contribution is 7.99. The molecule has 20 heavy (non-hydrogen) atoms. The summed E-state index contributed by atoms with van der Waals surface area (Å²) in [5.41, 5.74) is 0. The average molecular weight is 306 g/mol. The Morgan fingerprint density at radius 3 is 2.65 bits per heavy atom. The first-order chi connectivity index (χ1) is 9.81. The summed E-state index contributed by atoms with van der Waals surface area (Å²) in [7, 11) is 4.83. The lowest BCUT2D eigenvalue weighted by Crippen LogP contribution is -2.22. The molecular weight excluding hydrogens is 284 g/mol. The number of ether oxygens (including phenoxy) is 4. The van der Waals surface area contributed by atoms with E-state index in [9.17, 15) is 0 Å². The van der Waals surface area contributed by atoms with Gasteiger partial charge in [0.25, 0.3) is 0 Å². The first-order valence-electron chi connectivity index (χ1n) is 6.33. The van der Waals surface area contributed by atoms with Crippen molar-refractivity contribution in [2.75, 3.05) is 46.9 Å². The Morgan fingerprint density at radius 2 is 1.95 bits per heavy atom. The van der Waals surface area contributed by atoms with Gasteiger partial charge in [0.1, 0.15) is 0 Å². The SMILES string of the molecule is COCCOCCCSc1nnnn1CC(OC)OC. The summed E-state index contributed by atoms with van der Waals surface area (Å²) in [6.07, 6.45) is 0.578. The monoisotopic (exact) mass is 306 g/mol. The van der Waals surface area contributed by atoms with Crippen LogP contribution in [-0.4, -0.2) is 73.4 Å². The van der Waals surface area contributed by atoms with E-state index in [4.69, 9.17) is 18.9 Å². The Kier molecular flexibility index (Phi) is 9.50. The minimum atomic E-state index is -0.352. The van der Waals surface area contributed by atoms with Crippen LogP contribution < -0.4 is 0 Å². The van der Waals surface area contributed by atoms with Crippen LogP contribution in [0.15, 0.2) is 5.16 Å². The van der Waals surface area contributed by atoms with Gasteiger partial charge < -0.3 is 18.9 Å². The molecule has 0 atom stereocenters. The second-order valence-electron chi connectivity index (χ2n) is 3.85. The quantitative estimate of drug-likeness (QED) is 0.312. The predicted octanol–water partition coefficient (Wildman–Crippen LogP) is 0.437.